The van der Waals surface area contributed by atoms with Gasteiger partial charge in [0.1, 0.15) is 0 Å². The zero-order valence-electron chi connectivity index (χ0n) is 11.3. The number of carboxylic acid groups (broad SMARTS) is 2. The molecule has 5 nitrogen and oxygen atoms in total. The van der Waals surface area contributed by atoms with E-state index in [0.29, 0.717) is 17.9 Å². The van der Waals surface area contributed by atoms with Crippen LogP contribution in [0.15, 0.2) is 10.5 Å². The first-order valence-corrected chi connectivity index (χ1v) is 6.51. The quantitative estimate of drug-likeness (QED) is 0.705. The summed E-state index contributed by atoms with van der Waals surface area (Å²) >= 11 is 0. The summed E-state index contributed by atoms with van der Waals surface area (Å²) in [6, 6.07) is 1.31. The Morgan fingerprint density at radius 3 is 2.37 bits per heavy atom. The minimum Gasteiger partial charge on any atom is -0.475 e. The molecule has 0 amide bonds. The monoisotopic (exact) mass is 268 g/mol. The molecule has 0 aliphatic rings. The van der Waals surface area contributed by atoms with E-state index >= 15 is 0 Å². The third kappa shape index (κ3) is 4.77. The van der Waals surface area contributed by atoms with Gasteiger partial charge in [-0.25, -0.2) is 9.59 Å². The van der Waals surface area contributed by atoms with Crippen LogP contribution >= 0.6 is 0 Å². The second-order valence-corrected chi connectivity index (χ2v) is 5.07. The Morgan fingerprint density at radius 1 is 1.16 bits per heavy atom. The van der Waals surface area contributed by atoms with Crippen LogP contribution in [-0.2, 0) is 6.42 Å². The number of furan rings is 1. The maximum absolute atomic E-state index is 10.9. The normalized spacial score (nSPS) is 10.9. The third-order valence-corrected chi connectivity index (χ3v) is 2.94. The Hall–Kier alpha value is -1.78. The molecule has 1 aromatic rings. The van der Waals surface area contributed by atoms with Crippen molar-refractivity contribution in [1.82, 2.24) is 0 Å². The van der Waals surface area contributed by atoms with E-state index in [9.17, 15) is 9.59 Å². The van der Waals surface area contributed by atoms with Gasteiger partial charge in [-0.05, 0) is 24.8 Å². The zero-order valence-corrected chi connectivity index (χ0v) is 11.3. The van der Waals surface area contributed by atoms with E-state index in [2.05, 4.69) is 13.8 Å². The molecule has 0 unspecified atom stereocenters. The Labute approximate surface area is 112 Å². The highest BCUT2D eigenvalue weighted by Gasteiger charge is 2.20. The number of carboxylic acids is 2. The molecule has 106 valence electrons. The van der Waals surface area contributed by atoms with E-state index in [0.717, 1.165) is 25.7 Å². The first-order valence-electron chi connectivity index (χ1n) is 6.51. The van der Waals surface area contributed by atoms with E-state index in [-0.39, 0.29) is 11.5 Å². The van der Waals surface area contributed by atoms with Crippen LogP contribution < -0.4 is 0 Å². The fourth-order valence-corrected chi connectivity index (χ4v) is 1.95. The second kappa shape index (κ2) is 6.97. The zero-order chi connectivity index (χ0) is 14.4. The smallest absolute Gasteiger partial charge is 0.372 e. The maximum Gasteiger partial charge on any atom is 0.372 e. The van der Waals surface area contributed by atoms with Crippen LogP contribution in [0.5, 0.6) is 0 Å². The predicted octanol–water partition coefficient (Wildman–Crippen LogP) is 3.43. The molecule has 0 atom stereocenters. The number of unbranched alkanes of at least 4 members (excludes halogenated alkanes) is 2. The van der Waals surface area contributed by atoms with Gasteiger partial charge in [-0.1, -0.05) is 33.1 Å². The first-order chi connectivity index (χ1) is 8.91. The number of hydrogen-bond donors (Lipinski definition) is 2. The third-order valence-electron chi connectivity index (χ3n) is 2.94. The molecule has 0 fully saturated rings. The summed E-state index contributed by atoms with van der Waals surface area (Å²) in [4.78, 5) is 21.7. The maximum atomic E-state index is 10.9. The summed E-state index contributed by atoms with van der Waals surface area (Å²) < 4.78 is 4.83. The summed E-state index contributed by atoms with van der Waals surface area (Å²) in [7, 11) is 0. The van der Waals surface area contributed by atoms with Crippen molar-refractivity contribution in [1.29, 1.82) is 0 Å². The van der Waals surface area contributed by atoms with Gasteiger partial charge in [-0.15, -0.1) is 0 Å². The van der Waals surface area contributed by atoms with E-state index in [1.165, 1.54) is 6.07 Å². The molecule has 1 aromatic heterocycles. The van der Waals surface area contributed by atoms with Crippen LogP contribution in [-0.4, -0.2) is 22.2 Å². The molecule has 0 spiro atoms. The standard InChI is InChI=1S/C14H20O5/c1-9(2)6-4-3-5-7-10-8-11(13(15)16)19-12(10)14(17)18/h8-9H,3-7H2,1-2H3,(H,15,16)(H,17,18). The van der Waals surface area contributed by atoms with Crippen molar-refractivity contribution in [2.24, 2.45) is 5.92 Å². The average Bonchev–Trinajstić information content (AvgIpc) is 2.72. The highest BCUT2D eigenvalue weighted by atomic mass is 16.4. The van der Waals surface area contributed by atoms with Crippen molar-refractivity contribution in [3.05, 3.63) is 23.2 Å². The van der Waals surface area contributed by atoms with Crippen LogP contribution in [0, 0.1) is 5.92 Å². The average molecular weight is 268 g/mol. The molecule has 0 aliphatic heterocycles. The van der Waals surface area contributed by atoms with Crippen LogP contribution in [0.4, 0.5) is 0 Å². The molecule has 0 aliphatic carbocycles. The number of carbonyl (C=O) groups is 2. The molecule has 1 heterocycles. The van der Waals surface area contributed by atoms with E-state index < -0.39 is 11.9 Å². The van der Waals surface area contributed by atoms with Crippen molar-refractivity contribution >= 4 is 11.9 Å². The number of hydrogen-bond acceptors (Lipinski definition) is 3. The van der Waals surface area contributed by atoms with Crippen molar-refractivity contribution in [2.75, 3.05) is 0 Å². The fourth-order valence-electron chi connectivity index (χ4n) is 1.95. The predicted molar refractivity (Wildman–Crippen MR) is 69.6 cm³/mol. The van der Waals surface area contributed by atoms with Gasteiger partial charge < -0.3 is 14.6 Å². The molecule has 2 N–H and O–H groups in total. The Kier molecular flexibility index (Phi) is 5.60. The summed E-state index contributed by atoms with van der Waals surface area (Å²) in [6.07, 6.45) is 4.63. The molecule has 0 saturated carbocycles. The molecular formula is C14H20O5. The Bertz CT molecular complexity index is 445. The number of rotatable bonds is 8. The fraction of sp³-hybridized carbons (Fsp3) is 0.571. The van der Waals surface area contributed by atoms with Crippen LogP contribution in [0.2, 0.25) is 0 Å². The van der Waals surface area contributed by atoms with Crippen molar-refractivity contribution in [3.8, 4) is 0 Å². The molecule has 0 saturated heterocycles. The van der Waals surface area contributed by atoms with Gasteiger partial charge in [0, 0.05) is 5.56 Å². The topological polar surface area (TPSA) is 87.7 Å². The first kappa shape index (κ1) is 15.3. The molecule has 19 heavy (non-hydrogen) atoms. The van der Waals surface area contributed by atoms with E-state index in [1.807, 2.05) is 0 Å². The highest BCUT2D eigenvalue weighted by Crippen LogP contribution is 2.19. The summed E-state index contributed by atoms with van der Waals surface area (Å²) in [5.41, 5.74) is 0.467. The van der Waals surface area contributed by atoms with E-state index in [4.69, 9.17) is 14.6 Å². The molecule has 0 bridgehead atoms. The van der Waals surface area contributed by atoms with Gasteiger partial charge in [0.15, 0.2) is 0 Å². The summed E-state index contributed by atoms with van der Waals surface area (Å²) in [6.45, 7) is 4.33. The van der Waals surface area contributed by atoms with Crippen LogP contribution in [0.1, 0.15) is 66.2 Å². The SMILES string of the molecule is CC(C)CCCCCc1cc(C(=O)O)oc1C(=O)O. The lowest BCUT2D eigenvalue weighted by molar-refractivity contribution is 0.0631. The van der Waals surface area contributed by atoms with Gasteiger partial charge in [0.2, 0.25) is 11.5 Å². The Balaban J connectivity index is 2.57. The molecular weight excluding hydrogens is 248 g/mol. The lowest BCUT2D eigenvalue weighted by Crippen LogP contribution is -1.99. The Morgan fingerprint density at radius 2 is 1.84 bits per heavy atom. The second-order valence-electron chi connectivity index (χ2n) is 5.07. The minimum atomic E-state index is -1.24. The largest absolute Gasteiger partial charge is 0.475 e. The highest BCUT2D eigenvalue weighted by molar-refractivity contribution is 5.90. The van der Waals surface area contributed by atoms with Crippen LogP contribution in [0.25, 0.3) is 0 Å². The van der Waals surface area contributed by atoms with Gasteiger partial charge in [-0.3, -0.25) is 0 Å². The van der Waals surface area contributed by atoms with Gasteiger partial charge in [0.25, 0.3) is 0 Å². The van der Waals surface area contributed by atoms with Gasteiger partial charge in [-0.2, -0.15) is 0 Å². The summed E-state index contributed by atoms with van der Waals surface area (Å²) in [5.74, 6) is -2.35. The number of aromatic carboxylic acids is 2. The lowest BCUT2D eigenvalue weighted by Gasteiger charge is -2.03. The molecule has 5 heteroatoms. The molecule has 1 rings (SSSR count). The van der Waals surface area contributed by atoms with Gasteiger partial charge >= 0.3 is 11.9 Å². The van der Waals surface area contributed by atoms with Crippen molar-refractivity contribution in [3.63, 3.8) is 0 Å². The lowest BCUT2D eigenvalue weighted by atomic mass is 10.0. The van der Waals surface area contributed by atoms with Crippen LogP contribution in [0.3, 0.4) is 0 Å². The minimum absolute atomic E-state index is 0.249. The van der Waals surface area contributed by atoms with Crippen molar-refractivity contribution in [2.45, 2.75) is 46.0 Å². The summed E-state index contributed by atoms with van der Waals surface area (Å²) in [5, 5.41) is 17.7. The molecule has 0 aromatic carbocycles. The van der Waals surface area contributed by atoms with E-state index in [1.54, 1.807) is 0 Å². The molecule has 0 radical (unpaired) electrons. The van der Waals surface area contributed by atoms with Crippen molar-refractivity contribution < 1.29 is 24.2 Å². The van der Waals surface area contributed by atoms with Gasteiger partial charge in [0.05, 0.1) is 0 Å². The number of aryl methyl sites for hydroxylation is 1.